The maximum absolute atomic E-state index is 13.8. The first-order chi connectivity index (χ1) is 22.2. The molecular weight excluding hydrogens is 597 g/mol. The predicted molar refractivity (Wildman–Crippen MR) is 164 cm³/mol. The lowest BCUT2D eigenvalue weighted by atomic mass is 9.57. The van der Waals surface area contributed by atoms with Crippen LogP contribution in [0.3, 0.4) is 0 Å². The molecule has 3 saturated carbocycles. The predicted octanol–water partition coefficient (Wildman–Crippen LogP) is 7.83. The maximum Gasteiger partial charge on any atom is 0.434 e. The lowest BCUT2D eigenvalue weighted by Crippen LogP contribution is -2.62. The Labute approximate surface area is 263 Å². The summed E-state index contributed by atoms with van der Waals surface area (Å²) in [6.45, 7) is 1.84. The number of esters is 1. The van der Waals surface area contributed by atoms with Gasteiger partial charge in [-0.2, -0.15) is 13.2 Å². The highest BCUT2D eigenvalue weighted by atomic mass is 19.4. The third kappa shape index (κ3) is 5.19. The van der Waals surface area contributed by atoms with Crippen LogP contribution in [-0.4, -0.2) is 47.4 Å². The zero-order valence-electron chi connectivity index (χ0n) is 25.3. The first kappa shape index (κ1) is 29.0. The molecule has 11 heteroatoms. The number of nitrogens with zero attached hydrogens (tertiary/aromatic N) is 4. The Balaban J connectivity index is 0.974. The van der Waals surface area contributed by atoms with Crippen LogP contribution in [0.25, 0.3) is 28.2 Å². The average Bonchev–Trinajstić information content (AvgIpc) is 3.75. The summed E-state index contributed by atoms with van der Waals surface area (Å²) in [4.78, 5) is 22.7. The second-order valence-electron chi connectivity index (χ2n) is 13.2. The molecule has 3 aromatic heterocycles. The van der Waals surface area contributed by atoms with Crippen LogP contribution in [0.1, 0.15) is 78.4 Å². The van der Waals surface area contributed by atoms with Gasteiger partial charge in [0.15, 0.2) is 11.4 Å². The zero-order chi connectivity index (χ0) is 31.6. The Bertz CT molecular complexity index is 1850. The van der Waals surface area contributed by atoms with E-state index in [2.05, 4.69) is 32.2 Å². The van der Waals surface area contributed by atoms with E-state index in [1.54, 1.807) is 6.07 Å². The van der Waals surface area contributed by atoms with Crippen molar-refractivity contribution in [3.8, 4) is 17.0 Å². The van der Waals surface area contributed by atoms with Crippen LogP contribution in [0, 0.1) is 11.3 Å². The van der Waals surface area contributed by atoms with Gasteiger partial charge in [0.25, 0.3) is 0 Å². The largest absolute Gasteiger partial charge is 0.490 e. The highest BCUT2D eigenvalue weighted by Gasteiger charge is 2.51. The van der Waals surface area contributed by atoms with Gasteiger partial charge in [0.2, 0.25) is 0 Å². The van der Waals surface area contributed by atoms with Gasteiger partial charge in [-0.05, 0) is 81.2 Å². The number of benzene rings is 1. The molecule has 1 aliphatic heterocycles. The first-order valence-electron chi connectivity index (χ1n) is 15.8. The quantitative estimate of drug-likeness (QED) is 0.182. The van der Waals surface area contributed by atoms with Gasteiger partial charge in [-0.3, -0.25) is 4.98 Å². The Kier molecular flexibility index (Phi) is 6.84. The number of aromatic nitrogens is 3. The molecule has 0 unspecified atom stereocenters. The van der Waals surface area contributed by atoms with Crippen LogP contribution >= 0.6 is 0 Å². The molecule has 0 amide bonds. The van der Waals surface area contributed by atoms with Gasteiger partial charge in [-0.15, -0.1) is 0 Å². The number of pyridine rings is 2. The van der Waals surface area contributed by atoms with Crippen molar-refractivity contribution in [3.63, 3.8) is 0 Å². The summed E-state index contributed by atoms with van der Waals surface area (Å²) in [6, 6.07) is 10.7. The van der Waals surface area contributed by atoms with Crippen molar-refractivity contribution in [2.24, 2.45) is 11.3 Å². The summed E-state index contributed by atoms with van der Waals surface area (Å²) >= 11 is 0. The number of fused-ring (bicyclic) bond motifs is 1. The molecule has 4 heterocycles. The monoisotopic (exact) mass is 630 g/mol. The summed E-state index contributed by atoms with van der Waals surface area (Å²) < 4.78 is 58.1. The molecule has 0 atom stereocenters. The normalized spacial score (nSPS) is 19.7. The van der Waals surface area contributed by atoms with Crippen molar-refractivity contribution in [1.82, 2.24) is 15.1 Å². The van der Waals surface area contributed by atoms with E-state index >= 15 is 0 Å². The number of rotatable bonds is 8. The molecular formula is C35H33F3N4O4. The second kappa shape index (κ2) is 10.8. The number of anilines is 1. The Hall–Kier alpha value is -4.41. The molecule has 8 rings (SSSR count). The van der Waals surface area contributed by atoms with Crippen LogP contribution in [-0.2, 0) is 10.9 Å². The minimum absolute atomic E-state index is 0.0571. The summed E-state index contributed by atoms with van der Waals surface area (Å²) in [7, 11) is 1.34. The number of alkyl halides is 3. The van der Waals surface area contributed by atoms with Gasteiger partial charge in [0.05, 0.1) is 18.7 Å². The van der Waals surface area contributed by atoms with Gasteiger partial charge < -0.3 is 18.9 Å². The molecule has 0 radical (unpaired) electrons. The highest BCUT2D eigenvalue weighted by Crippen LogP contribution is 2.54. The summed E-state index contributed by atoms with van der Waals surface area (Å²) in [5, 5.41) is 4.98. The van der Waals surface area contributed by atoms with Crippen LogP contribution in [0.2, 0.25) is 0 Å². The number of hydrogen-bond donors (Lipinski definition) is 0. The number of carbonyl (C=O) groups excluding carboxylic acids is 1. The van der Waals surface area contributed by atoms with E-state index in [-0.39, 0.29) is 34.4 Å². The number of ether oxygens (including phenoxy) is 2. The number of allylic oxidation sites excluding steroid dienone is 1. The smallest absolute Gasteiger partial charge is 0.434 e. The fourth-order valence-electron chi connectivity index (χ4n) is 7.11. The standard InChI is InChI=1S/C35H33F3N4O4/c1-44-33(43)28-15-29(45-23-4-2-5-23)26-14-22(10-12-27(26)40-28)42-18-34(19-42)16-20(17-34)7-11-24-30(41-46-31(24)21-8-9-21)25-6-3-13-39-32(25)35(36,37)38/h3,6-7,10-15,20-21,23H,2,4-5,8-9,16-19H2,1H3/b11-7+. The second-order valence-corrected chi connectivity index (χ2v) is 13.2. The van der Waals surface area contributed by atoms with Gasteiger partial charge in [-0.1, -0.05) is 17.3 Å². The number of methoxy groups -OCH3 is 1. The van der Waals surface area contributed by atoms with E-state index in [0.717, 1.165) is 75.3 Å². The van der Waals surface area contributed by atoms with Crippen LogP contribution in [0.4, 0.5) is 18.9 Å². The summed E-state index contributed by atoms with van der Waals surface area (Å²) in [6.07, 6.45) is 7.79. The maximum atomic E-state index is 13.8. The third-order valence-electron chi connectivity index (χ3n) is 9.87. The summed E-state index contributed by atoms with van der Waals surface area (Å²) in [5.74, 6) is 1.36. The van der Waals surface area contributed by atoms with Crippen molar-refractivity contribution in [2.75, 3.05) is 25.1 Å². The molecule has 4 fully saturated rings. The Morgan fingerprint density at radius 1 is 1.11 bits per heavy atom. The molecule has 4 aliphatic rings. The van der Waals surface area contributed by atoms with Crippen molar-refractivity contribution < 1.29 is 32.0 Å². The molecule has 8 nitrogen and oxygen atoms in total. The van der Waals surface area contributed by atoms with E-state index in [1.165, 1.54) is 19.2 Å². The van der Waals surface area contributed by atoms with E-state index in [4.69, 9.17) is 14.0 Å². The van der Waals surface area contributed by atoms with Crippen molar-refractivity contribution in [3.05, 3.63) is 71.4 Å². The molecule has 238 valence electrons. The first-order valence-corrected chi connectivity index (χ1v) is 15.8. The SMILES string of the molecule is COC(=O)c1cc(OC2CCC2)c2cc(N3CC4(CC(/C=C/c5c(-c6cccnc6C(F)(F)F)noc5C5CC5)C4)C3)ccc2n1. The molecule has 0 N–H and O–H groups in total. The van der Waals surface area contributed by atoms with Crippen molar-refractivity contribution in [1.29, 1.82) is 0 Å². The van der Waals surface area contributed by atoms with Gasteiger partial charge >= 0.3 is 12.1 Å². The lowest BCUT2D eigenvalue weighted by Gasteiger charge is -2.59. The van der Waals surface area contributed by atoms with E-state index in [0.29, 0.717) is 28.5 Å². The number of carbonyl (C=O) groups is 1. The average molecular weight is 631 g/mol. The topological polar surface area (TPSA) is 90.6 Å². The molecule has 0 bridgehead atoms. The molecule has 1 saturated heterocycles. The highest BCUT2D eigenvalue weighted by molar-refractivity contribution is 5.95. The Morgan fingerprint density at radius 2 is 1.91 bits per heavy atom. The molecule has 4 aromatic rings. The van der Waals surface area contributed by atoms with Gasteiger partial charge in [-0.25, -0.2) is 9.78 Å². The van der Waals surface area contributed by atoms with Crippen molar-refractivity contribution >= 4 is 28.6 Å². The molecule has 1 spiro atoms. The van der Waals surface area contributed by atoms with E-state index < -0.39 is 17.8 Å². The van der Waals surface area contributed by atoms with E-state index in [1.807, 2.05) is 18.2 Å². The third-order valence-corrected chi connectivity index (χ3v) is 9.87. The van der Waals surface area contributed by atoms with Crippen molar-refractivity contribution in [2.45, 2.75) is 63.1 Å². The molecule has 1 aromatic carbocycles. The van der Waals surface area contributed by atoms with Gasteiger partial charge in [0.1, 0.15) is 17.2 Å². The summed E-state index contributed by atoms with van der Waals surface area (Å²) in [5.41, 5.74) is 2.06. The molecule has 46 heavy (non-hydrogen) atoms. The number of halogens is 3. The van der Waals surface area contributed by atoms with Crippen LogP contribution in [0.15, 0.2) is 53.2 Å². The molecule has 3 aliphatic carbocycles. The fraction of sp³-hybridized carbons (Fsp3) is 0.429. The minimum Gasteiger partial charge on any atom is -0.490 e. The fourth-order valence-corrected chi connectivity index (χ4v) is 7.11. The van der Waals surface area contributed by atoms with Crippen LogP contribution < -0.4 is 9.64 Å². The van der Waals surface area contributed by atoms with Gasteiger partial charge in [0, 0.05) is 58.9 Å². The van der Waals surface area contributed by atoms with Crippen LogP contribution in [0.5, 0.6) is 5.75 Å². The Morgan fingerprint density at radius 3 is 2.61 bits per heavy atom. The lowest BCUT2D eigenvalue weighted by molar-refractivity contribution is -0.140. The zero-order valence-corrected chi connectivity index (χ0v) is 25.3. The number of hydrogen-bond acceptors (Lipinski definition) is 8. The minimum atomic E-state index is -4.59. The van der Waals surface area contributed by atoms with E-state index in [9.17, 15) is 18.0 Å².